The highest BCUT2D eigenvalue weighted by Crippen LogP contribution is 2.17. The van der Waals surface area contributed by atoms with Gasteiger partial charge in [-0.1, -0.05) is 4.57 Å². The van der Waals surface area contributed by atoms with Crippen molar-refractivity contribution in [3.8, 4) is 0 Å². The molecule has 0 radical (unpaired) electrons. The Morgan fingerprint density at radius 2 is 2.07 bits per heavy atom. The summed E-state index contributed by atoms with van der Waals surface area (Å²) >= 11 is 0. The average molecular weight is 220 g/mol. The van der Waals surface area contributed by atoms with Gasteiger partial charge in [-0.2, -0.15) is 0 Å². The lowest BCUT2D eigenvalue weighted by Gasteiger charge is -1.99. The second-order valence-corrected chi connectivity index (χ2v) is 4.02. The summed E-state index contributed by atoms with van der Waals surface area (Å²) in [7, 11) is -1.85. The molecule has 0 aromatic heterocycles. The lowest BCUT2D eigenvalue weighted by atomic mass is 10.4. The quantitative estimate of drug-likeness (QED) is 0.442. The van der Waals surface area contributed by atoms with Crippen LogP contribution in [0.3, 0.4) is 0 Å². The highest BCUT2D eigenvalue weighted by molar-refractivity contribution is 7.44. The normalized spacial score (nSPS) is 12.1. The van der Waals surface area contributed by atoms with E-state index in [-0.39, 0.29) is 11.9 Å². The molecule has 0 saturated heterocycles. The van der Waals surface area contributed by atoms with Gasteiger partial charge in [-0.05, 0) is 6.08 Å². The number of aliphatic hydroxyl groups excluding tert-OH is 1. The first-order valence-electron chi connectivity index (χ1n) is 3.71. The van der Waals surface area contributed by atoms with E-state index < -0.39 is 26.0 Å². The van der Waals surface area contributed by atoms with Gasteiger partial charge in [0, 0.05) is 6.92 Å². The van der Waals surface area contributed by atoms with E-state index in [1.807, 2.05) is 0 Å². The van der Waals surface area contributed by atoms with Crippen LogP contribution in [0.15, 0.2) is 11.8 Å². The summed E-state index contributed by atoms with van der Waals surface area (Å²) in [5.41, 5.74) is -0.325. The third kappa shape index (κ3) is 5.40. The summed E-state index contributed by atoms with van der Waals surface area (Å²) in [5.74, 6) is -1.82. The van der Waals surface area contributed by atoms with E-state index in [0.29, 0.717) is 0 Å². The predicted octanol–water partition coefficient (Wildman–Crippen LogP) is -0.132. The minimum atomic E-state index is -1.85. The standard InChI is InChI=1S/C7H10NO5P/c1-5(10)8-6(7(11)12)2-3-14(13)4-9/h2,9H,3-4H2,1H3,(H-,8,10,11,12)/p+1/b6-2-. The molecule has 0 spiro atoms. The minimum Gasteiger partial charge on any atom is -0.477 e. The molecule has 7 heteroatoms. The molecule has 0 rings (SSSR count). The molecule has 3 N–H and O–H groups in total. The lowest BCUT2D eigenvalue weighted by molar-refractivity contribution is -0.134. The number of allylic oxidation sites excluding steroid dienone is 1. The van der Waals surface area contributed by atoms with Gasteiger partial charge in [-0.15, -0.1) is 0 Å². The number of hydrogen-bond acceptors (Lipinski definition) is 4. The molecule has 0 saturated carbocycles. The second-order valence-electron chi connectivity index (χ2n) is 2.41. The molecule has 6 nitrogen and oxygen atoms in total. The van der Waals surface area contributed by atoms with Crippen molar-refractivity contribution in [1.29, 1.82) is 0 Å². The fourth-order valence-electron chi connectivity index (χ4n) is 0.632. The number of carboxylic acid groups (broad SMARTS) is 1. The zero-order valence-corrected chi connectivity index (χ0v) is 8.45. The van der Waals surface area contributed by atoms with E-state index in [1.54, 1.807) is 0 Å². The number of carbonyl (C=O) groups is 2. The van der Waals surface area contributed by atoms with Crippen molar-refractivity contribution >= 4 is 19.7 Å². The van der Waals surface area contributed by atoms with Crippen molar-refractivity contribution in [3.63, 3.8) is 0 Å². The number of rotatable bonds is 5. The van der Waals surface area contributed by atoms with Crippen LogP contribution in [0, 0.1) is 0 Å². The largest absolute Gasteiger partial charge is 0.477 e. The highest BCUT2D eigenvalue weighted by Gasteiger charge is 2.14. The molecular formula is C7H11NO5P+. The molecule has 0 heterocycles. The molecular weight excluding hydrogens is 209 g/mol. The molecule has 1 amide bonds. The summed E-state index contributed by atoms with van der Waals surface area (Å²) < 4.78 is 10.8. The maximum Gasteiger partial charge on any atom is 0.370 e. The molecule has 78 valence electrons. The number of aliphatic carboxylic acids is 1. The number of hydrogen-bond donors (Lipinski definition) is 3. The van der Waals surface area contributed by atoms with Crippen molar-refractivity contribution in [2.24, 2.45) is 0 Å². The van der Waals surface area contributed by atoms with E-state index in [1.165, 1.54) is 6.92 Å². The maximum absolute atomic E-state index is 10.8. The SMILES string of the molecule is CC(=O)N/C(=C\C[P+](=O)CO)C(=O)O. The van der Waals surface area contributed by atoms with E-state index in [0.717, 1.165) is 6.08 Å². The minimum absolute atomic E-state index is 0.0756. The van der Waals surface area contributed by atoms with E-state index in [2.05, 4.69) is 5.32 Å². The van der Waals surface area contributed by atoms with Gasteiger partial charge in [0.15, 0.2) is 6.16 Å². The Morgan fingerprint density at radius 3 is 2.43 bits per heavy atom. The maximum atomic E-state index is 10.8. The summed E-state index contributed by atoms with van der Waals surface area (Å²) in [6, 6.07) is 0. The Hall–Kier alpha value is -1.26. The number of carbonyl (C=O) groups excluding carboxylic acids is 1. The van der Waals surface area contributed by atoms with Gasteiger partial charge in [0.2, 0.25) is 12.3 Å². The third-order valence-electron chi connectivity index (χ3n) is 1.20. The molecule has 0 bridgehead atoms. The molecule has 0 aromatic rings. The van der Waals surface area contributed by atoms with Gasteiger partial charge in [0.05, 0.1) is 0 Å². The summed E-state index contributed by atoms with van der Waals surface area (Å²) in [6.07, 6.45) is 0.533. The van der Waals surface area contributed by atoms with Crippen LogP contribution in [0.2, 0.25) is 0 Å². The smallest absolute Gasteiger partial charge is 0.370 e. The first-order valence-corrected chi connectivity index (χ1v) is 5.34. The molecule has 1 unspecified atom stereocenters. The molecule has 0 aliphatic rings. The van der Waals surface area contributed by atoms with Crippen LogP contribution in [-0.2, 0) is 14.2 Å². The van der Waals surface area contributed by atoms with Crippen molar-refractivity contribution in [2.75, 3.05) is 12.5 Å². The van der Waals surface area contributed by atoms with Crippen molar-refractivity contribution in [1.82, 2.24) is 5.32 Å². The van der Waals surface area contributed by atoms with Gasteiger partial charge >= 0.3 is 13.8 Å². The zero-order chi connectivity index (χ0) is 11.1. The fourth-order valence-corrected chi connectivity index (χ4v) is 1.13. The van der Waals surface area contributed by atoms with Crippen LogP contribution in [0.1, 0.15) is 6.92 Å². The second kappa shape index (κ2) is 6.23. The Morgan fingerprint density at radius 1 is 1.50 bits per heavy atom. The molecule has 0 fully saturated rings. The molecule has 14 heavy (non-hydrogen) atoms. The van der Waals surface area contributed by atoms with E-state index in [9.17, 15) is 14.2 Å². The van der Waals surface area contributed by atoms with Gasteiger partial charge in [-0.25, -0.2) is 4.79 Å². The first-order chi connectivity index (χ1) is 6.47. The number of amides is 1. The monoisotopic (exact) mass is 220 g/mol. The fraction of sp³-hybridized carbons (Fsp3) is 0.429. The van der Waals surface area contributed by atoms with Crippen LogP contribution in [0.5, 0.6) is 0 Å². The Bertz CT molecular complexity index is 286. The predicted molar refractivity (Wildman–Crippen MR) is 49.1 cm³/mol. The molecule has 0 aliphatic carbocycles. The van der Waals surface area contributed by atoms with Gasteiger partial charge in [0.1, 0.15) is 5.70 Å². The highest BCUT2D eigenvalue weighted by atomic mass is 31.1. The van der Waals surface area contributed by atoms with Gasteiger partial charge in [0.25, 0.3) is 0 Å². The third-order valence-corrected chi connectivity index (χ3v) is 2.10. The van der Waals surface area contributed by atoms with Crippen LogP contribution >= 0.6 is 7.80 Å². The average Bonchev–Trinajstić information content (AvgIpc) is 2.10. The number of nitrogens with one attached hydrogen (secondary N) is 1. The molecule has 1 atom stereocenters. The number of aliphatic hydroxyl groups is 1. The van der Waals surface area contributed by atoms with Crippen molar-refractivity contribution in [3.05, 3.63) is 11.8 Å². The van der Waals surface area contributed by atoms with E-state index in [4.69, 9.17) is 10.2 Å². The summed E-state index contributed by atoms with van der Waals surface area (Å²) in [4.78, 5) is 21.0. The molecule has 0 aromatic carbocycles. The number of carboxylic acids is 1. The van der Waals surface area contributed by atoms with E-state index >= 15 is 0 Å². The van der Waals surface area contributed by atoms with Crippen LogP contribution < -0.4 is 5.32 Å². The van der Waals surface area contributed by atoms with Crippen LogP contribution in [0.25, 0.3) is 0 Å². The molecule has 0 aliphatic heterocycles. The Kier molecular flexibility index (Phi) is 5.67. The van der Waals surface area contributed by atoms with Crippen LogP contribution in [-0.4, -0.2) is 34.6 Å². The van der Waals surface area contributed by atoms with Crippen molar-refractivity contribution < 1.29 is 24.4 Å². The topological polar surface area (TPSA) is 104 Å². The Balaban J connectivity index is 4.41. The summed E-state index contributed by atoms with van der Waals surface area (Å²) in [6.45, 7) is 1.17. The van der Waals surface area contributed by atoms with Crippen LogP contribution in [0.4, 0.5) is 0 Å². The summed E-state index contributed by atoms with van der Waals surface area (Å²) in [5, 5.41) is 19.1. The van der Waals surface area contributed by atoms with Gasteiger partial charge < -0.3 is 15.5 Å². The first kappa shape index (κ1) is 12.7. The van der Waals surface area contributed by atoms with Gasteiger partial charge in [-0.3, -0.25) is 4.79 Å². The zero-order valence-electron chi connectivity index (χ0n) is 7.56. The lowest BCUT2D eigenvalue weighted by Crippen LogP contribution is -2.24. The van der Waals surface area contributed by atoms with Crippen molar-refractivity contribution in [2.45, 2.75) is 6.92 Å². The Labute approximate surface area is 81.4 Å².